The van der Waals surface area contributed by atoms with E-state index in [0.717, 1.165) is 17.7 Å². The molecule has 5 rings (SSSR count). The van der Waals surface area contributed by atoms with Crippen LogP contribution in [-0.2, 0) is 16.0 Å². The molecule has 3 aromatic rings. The van der Waals surface area contributed by atoms with Crippen LogP contribution in [-0.4, -0.2) is 27.6 Å². The largest absolute Gasteiger partial charge is 0.384 e. The van der Waals surface area contributed by atoms with Crippen LogP contribution in [0.2, 0.25) is 0 Å². The smallest absolute Gasteiger partial charge is 0.234 e. The molecule has 1 aromatic heterocycles. The molecule has 0 bridgehead atoms. The van der Waals surface area contributed by atoms with Crippen molar-refractivity contribution >= 4 is 45.6 Å². The van der Waals surface area contributed by atoms with Gasteiger partial charge in [-0.3, -0.25) is 14.5 Å². The Labute approximate surface area is 240 Å². The fourth-order valence-corrected chi connectivity index (χ4v) is 6.57. The van der Waals surface area contributed by atoms with Crippen molar-refractivity contribution in [3.8, 4) is 12.1 Å². The summed E-state index contributed by atoms with van der Waals surface area (Å²) in [5.74, 6) is -0.398. The molecule has 1 aliphatic heterocycles. The number of carbonyl (C=O) groups is 2. The Kier molecular flexibility index (Phi) is 7.96. The first kappa shape index (κ1) is 27.1. The van der Waals surface area contributed by atoms with Gasteiger partial charge in [0, 0.05) is 23.4 Å². The van der Waals surface area contributed by atoms with Crippen LogP contribution in [0.3, 0.4) is 0 Å². The molecule has 2 aromatic carbocycles. The Bertz CT molecular complexity index is 1610. The molecule has 1 unspecified atom stereocenters. The third-order valence-corrected chi connectivity index (χ3v) is 8.89. The third-order valence-electron chi connectivity index (χ3n) is 6.85. The summed E-state index contributed by atoms with van der Waals surface area (Å²) in [5.41, 5.74) is 11.4. The summed E-state index contributed by atoms with van der Waals surface area (Å²) >= 11 is 2.48. The van der Waals surface area contributed by atoms with Gasteiger partial charge in [-0.25, -0.2) is 0 Å². The van der Waals surface area contributed by atoms with E-state index in [2.05, 4.69) is 28.5 Å². The number of allylic oxidation sites excluding steroid dienone is 3. The summed E-state index contributed by atoms with van der Waals surface area (Å²) in [4.78, 5) is 27.4. The molecular formula is C29H25N7O2S2. The van der Waals surface area contributed by atoms with Gasteiger partial charge >= 0.3 is 0 Å². The van der Waals surface area contributed by atoms with E-state index in [9.17, 15) is 14.9 Å². The maximum Gasteiger partial charge on any atom is 0.234 e. The Morgan fingerprint density at radius 2 is 1.88 bits per heavy atom. The van der Waals surface area contributed by atoms with E-state index >= 15 is 0 Å². The Morgan fingerprint density at radius 3 is 2.55 bits per heavy atom. The van der Waals surface area contributed by atoms with Crippen molar-refractivity contribution < 1.29 is 9.59 Å². The molecule has 2 heterocycles. The highest BCUT2D eigenvalue weighted by molar-refractivity contribution is 8.01. The quantitative estimate of drug-likeness (QED) is 0.376. The summed E-state index contributed by atoms with van der Waals surface area (Å²) in [6, 6.07) is 18.9. The monoisotopic (exact) mass is 567 g/mol. The van der Waals surface area contributed by atoms with Crippen LogP contribution in [0.5, 0.6) is 0 Å². The first-order valence-electron chi connectivity index (χ1n) is 12.7. The van der Waals surface area contributed by atoms with E-state index in [-0.39, 0.29) is 23.3 Å². The highest BCUT2D eigenvalue weighted by atomic mass is 32.2. The number of hydrogen-bond acceptors (Lipinski definition) is 10. The first-order valence-corrected chi connectivity index (χ1v) is 14.5. The zero-order valence-electron chi connectivity index (χ0n) is 21.7. The average molecular weight is 568 g/mol. The summed E-state index contributed by atoms with van der Waals surface area (Å²) in [6.45, 7) is 2.08. The number of aryl methyl sites for hydroxylation is 1. The van der Waals surface area contributed by atoms with Gasteiger partial charge < -0.3 is 11.1 Å². The fraction of sp³-hybridized carbons (Fsp3) is 0.241. The van der Waals surface area contributed by atoms with Gasteiger partial charge in [-0.2, -0.15) is 10.5 Å². The van der Waals surface area contributed by atoms with Crippen LogP contribution >= 0.6 is 23.1 Å². The fourth-order valence-electron chi connectivity index (χ4n) is 4.89. The average Bonchev–Trinajstić information content (AvgIpc) is 3.44. The number of nitrogens with one attached hydrogen (secondary N) is 1. The van der Waals surface area contributed by atoms with Crippen LogP contribution in [0.4, 0.5) is 10.8 Å². The predicted molar refractivity (Wildman–Crippen MR) is 154 cm³/mol. The van der Waals surface area contributed by atoms with Crippen molar-refractivity contribution in [2.24, 2.45) is 5.73 Å². The number of hydrogen-bond donors (Lipinski definition) is 2. The molecule has 0 saturated heterocycles. The number of aromatic nitrogens is 2. The molecule has 1 amide bonds. The summed E-state index contributed by atoms with van der Waals surface area (Å²) in [5, 5.41) is 30.9. The number of carbonyl (C=O) groups excluding carboxylic acids is 2. The first-order chi connectivity index (χ1) is 19.4. The minimum absolute atomic E-state index is 0.00894. The van der Waals surface area contributed by atoms with Gasteiger partial charge in [0.1, 0.15) is 5.82 Å². The molecule has 200 valence electrons. The van der Waals surface area contributed by atoms with Gasteiger partial charge in [0.2, 0.25) is 11.0 Å². The minimum Gasteiger partial charge on any atom is -0.384 e. The molecule has 1 aliphatic carbocycles. The molecule has 0 spiro atoms. The van der Waals surface area contributed by atoms with E-state index in [1.165, 1.54) is 28.7 Å². The van der Waals surface area contributed by atoms with Crippen molar-refractivity contribution in [3.63, 3.8) is 0 Å². The topological polar surface area (TPSA) is 149 Å². The second kappa shape index (κ2) is 11.7. The molecule has 9 nitrogen and oxygen atoms in total. The van der Waals surface area contributed by atoms with E-state index in [1.807, 2.05) is 30.3 Å². The number of thioether (sulfide) groups is 1. The predicted octanol–water partition coefficient (Wildman–Crippen LogP) is 5.01. The number of nitrogens with zero attached hydrogens (tertiary/aromatic N) is 5. The maximum atomic E-state index is 13.3. The zero-order chi connectivity index (χ0) is 28.2. The minimum atomic E-state index is -0.525. The molecule has 0 fully saturated rings. The van der Waals surface area contributed by atoms with E-state index in [0.29, 0.717) is 51.1 Å². The molecule has 3 N–H and O–H groups in total. The third kappa shape index (κ3) is 5.34. The molecule has 40 heavy (non-hydrogen) atoms. The van der Waals surface area contributed by atoms with Crippen molar-refractivity contribution in [1.29, 1.82) is 10.5 Å². The number of nitriles is 2. The van der Waals surface area contributed by atoms with Gasteiger partial charge in [-0.15, -0.1) is 10.2 Å². The lowest BCUT2D eigenvalue weighted by atomic mass is 9.75. The second-order valence-electron chi connectivity index (χ2n) is 9.29. The van der Waals surface area contributed by atoms with Crippen molar-refractivity contribution in [2.45, 2.75) is 42.9 Å². The number of nitrogens with two attached hydrogens (primary N) is 1. The number of amides is 1. The van der Waals surface area contributed by atoms with Gasteiger partial charge in [-0.05, 0) is 54.7 Å². The lowest BCUT2D eigenvalue weighted by molar-refractivity contribution is -0.116. The molecule has 1 atom stereocenters. The highest BCUT2D eigenvalue weighted by Crippen LogP contribution is 2.47. The summed E-state index contributed by atoms with van der Waals surface area (Å²) < 4.78 is 0.554. The van der Waals surface area contributed by atoms with Crippen LogP contribution in [0.15, 0.2) is 75.5 Å². The highest BCUT2D eigenvalue weighted by Gasteiger charge is 2.41. The zero-order valence-corrected chi connectivity index (χ0v) is 23.3. The van der Waals surface area contributed by atoms with Gasteiger partial charge in [-0.1, -0.05) is 54.3 Å². The van der Waals surface area contributed by atoms with Gasteiger partial charge in [0.15, 0.2) is 10.1 Å². The maximum absolute atomic E-state index is 13.3. The van der Waals surface area contributed by atoms with Crippen LogP contribution in [0.1, 0.15) is 48.8 Å². The van der Waals surface area contributed by atoms with Gasteiger partial charge in [0.05, 0.1) is 34.9 Å². The van der Waals surface area contributed by atoms with Crippen LogP contribution < -0.4 is 16.0 Å². The molecule has 11 heteroatoms. The van der Waals surface area contributed by atoms with E-state index in [4.69, 9.17) is 11.0 Å². The Morgan fingerprint density at radius 1 is 1.12 bits per heavy atom. The number of benzene rings is 2. The number of rotatable bonds is 7. The number of ketones is 1. The number of anilines is 2. The SMILES string of the molecule is CCc1ccc(C2C(C#N)=C(N)N(c3nnc(SCC(=O)Nc4ccc(C#N)cc4)s3)C3=C2C(=O)CCC3)cc1. The van der Waals surface area contributed by atoms with Crippen molar-refractivity contribution in [1.82, 2.24) is 10.2 Å². The summed E-state index contributed by atoms with van der Waals surface area (Å²) in [6.07, 6.45) is 2.61. The Hall–Kier alpha value is -4.45. The summed E-state index contributed by atoms with van der Waals surface area (Å²) in [7, 11) is 0. The van der Waals surface area contributed by atoms with Crippen LogP contribution in [0.25, 0.3) is 0 Å². The molecule has 0 saturated carbocycles. The lowest BCUT2D eigenvalue weighted by Gasteiger charge is -2.38. The van der Waals surface area contributed by atoms with Gasteiger partial charge in [0.25, 0.3) is 0 Å². The number of Topliss-reactive ketones (excluding diaryl/α,β-unsaturated/α-hetero) is 1. The van der Waals surface area contributed by atoms with E-state index < -0.39 is 5.92 Å². The lowest BCUT2D eigenvalue weighted by Crippen LogP contribution is -2.38. The van der Waals surface area contributed by atoms with E-state index in [1.54, 1.807) is 29.2 Å². The van der Waals surface area contributed by atoms with Crippen molar-refractivity contribution in [2.75, 3.05) is 16.0 Å². The molecule has 2 aliphatic rings. The van der Waals surface area contributed by atoms with Crippen LogP contribution in [0, 0.1) is 22.7 Å². The van der Waals surface area contributed by atoms with Crippen molar-refractivity contribution in [3.05, 3.63) is 87.9 Å². The normalized spacial score (nSPS) is 16.8. The standard InChI is InChI=1S/C29H25N7O2S2/c1-2-17-6-10-19(11-7-17)25-21(15-31)27(32)36(22-4-3-5-23(37)26(22)25)28-34-35-29(40-28)39-16-24(38)33-20-12-8-18(14-30)9-13-20/h6-13,25H,2-5,16,32H2,1H3,(H,33,38). The second-order valence-corrected chi connectivity index (χ2v) is 11.5. The Balaban J connectivity index is 1.39. The molecule has 0 radical (unpaired) electrons. The molecular weight excluding hydrogens is 543 g/mol.